The Labute approximate surface area is 124 Å². The van der Waals surface area contributed by atoms with Gasteiger partial charge in [-0.15, -0.1) is 0 Å². The van der Waals surface area contributed by atoms with Gasteiger partial charge in [0.05, 0.1) is 16.6 Å². The van der Waals surface area contributed by atoms with Crippen molar-refractivity contribution in [2.45, 2.75) is 0 Å². The molecule has 96 valence electrons. The van der Waals surface area contributed by atoms with Crippen LogP contribution in [0.1, 0.15) is 0 Å². The van der Waals surface area contributed by atoms with Gasteiger partial charge in [-0.25, -0.2) is 4.98 Å². The number of rotatable bonds is 1. The zero-order valence-electron chi connectivity index (χ0n) is 10.5. The molecule has 0 spiro atoms. The van der Waals surface area contributed by atoms with Crippen molar-refractivity contribution < 1.29 is 0 Å². The molecule has 0 amide bonds. The largest absolute Gasteiger partial charge is 0.292 e. The summed E-state index contributed by atoms with van der Waals surface area (Å²) in [7, 11) is 0. The van der Waals surface area contributed by atoms with E-state index in [1.54, 1.807) is 0 Å². The van der Waals surface area contributed by atoms with Crippen LogP contribution >= 0.6 is 15.9 Å². The summed E-state index contributed by atoms with van der Waals surface area (Å²) < 4.78 is 3.19. The van der Waals surface area contributed by atoms with E-state index in [9.17, 15) is 0 Å². The first kappa shape index (κ1) is 11.6. The van der Waals surface area contributed by atoms with Crippen molar-refractivity contribution in [3.05, 3.63) is 65.4 Å². The number of fused-ring (bicyclic) bond motifs is 3. The van der Waals surface area contributed by atoms with Crippen LogP contribution in [0.5, 0.6) is 0 Å². The minimum Gasteiger partial charge on any atom is -0.292 e. The third-order valence-electron chi connectivity index (χ3n) is 3.36. The van der Waals surface area contributed by atoms with Gasteiger partial charge in [0.15, 0.2) is 0 Å². The summed E-state index contributed by atoms with van der Waals surface area (Å²) in [6.07, 6.45) is 3.63. The topological polar surface area (TPSA) is 30.7 Å². The van der Waals surface area contributed by atoms with Crippen LogP contribution in [-0.4, -0.2) is 14.5 Å². The van der Waals surface area contributed by atoms with Gasteiger partial charge in [0.25, 0.3) is 0 Å². The predicted molar refractivity (Wildman–Crippen MR) is 84.1 cm³/mol. The highest BCUT2D eigenvalue weighted by atomic mass is 79.9. The second-order valence-corrected chi connectivity index (χ2v) is 5.47. The van der Waals surface area contributed by atoms with Crippen molar-refractivity contribution in [2.75, 3.05) is 0 Å². The first-order valence-electron chi connectivity index (χ1n) is 6.31. The smallest absolute Gasteiger partial charge is 0.137 e. The van der Waals surface area contributed by atoms with E-state index in [0.717, 1.165) is 32.2 Å². The lowest BCUT2D eigenvalue weighted by atomic mass is 10.2. The van der Waals surface area contributed by atoms with Gasteiger partial charge in [-0.3, -0.25) is 9.55 Å². The Hall–Kier alpha value is -2.20. The van der Waals surface area contributed by atoms with E-state index in [0.29, 0.717) is 0 Å². The molecule has 20 heavy (non-hydrogen) atoms. The highest BCUT2D eigenvalue weighted by molar-refractivity contribution is 9.10. The molecule has 3 heterocycles. The molecule has 0 saturated carbocycles. The first-order chi connectivity index (χ1) is 9.84. The van der Waals surface area contributed by atoms with E-state index in [2.05, 4.69) is 48.7 Å². The quantitative estimate of drug-likeness (QED) is 0.521. The molecule has 0 N–H and O–H groups in total. The van der Waals surface area contributed by atoms with Gasteiger partial charge >= 0.3 is 0 Å². The van der Waals surface area contributed by atoms with Crippen LogP contribution in [0.3, 0.4) is 0 Å². The highest BCUT2D eigenvalue weighted by Crippen LogP contribution is 2.31. The standard InChI is InChI=1S/C16H10BrN3/c17-11-6-7-13-12(10-11)16-14(4-3-9-19-16)20(13)15-5-1-2-8-18-15/h1-10H. The molecule has 0 aliphatic carbocycles. The van der Waals surface area contributed by atoms with Gasteiger partial charge in [-0.1, -0.05) is 22.0 Å². The molecule has 4 rings (SSSR count). The lowest BCUT2D eigenvalue weighted by Crippen LogP contribution is -1.96. The van der Waals surface area contributed by atoms with Crippen molar-refractivity contribution in [1.82, 2.24) is 14.5 Å². The molecule has 0 aliphatic rings. The van der Waals surface area contributed by atoms with Gasteiger partial charge in [0.2, 0.25) is 0 Å². The van der Waals surface area contributed by atoms with E-state index in [1.165, 1.54) is 0 Å². The van der Waals surface area contributed by atoms with Crippen molar-refractivity contribution in [1.29, 1.82) is 0 Å². The van der Waals surface area contributed by atoms with E-state index < -0.39 is 0 Å². The molecular formula is C16H10BrN3. The van der Waals surface area contributed by atoms with Crippen LogP contribution in [0.4, 0.5) is 0 Å². The van der Waals surface area contributed by atoms with Crippen molar-refractivity contribution >= 4 is 37.9 Å². The van der Waals surface area contributed by atoms with E-state index in [1.807, 2.05) is 42.7 Å². The highest BCUT2D eigenvalue weighted by Gasteiger charge is 2.13. The van der Waals surface area contributed by atoms with Gasteiger partial charge < -0.3 is 0 Å². The van der Waals surface area contributed by atoms with E-state index in [4.69, 9.17) is 0 Å². The van der Waals surface area contributed by atoms with E-state index >= 15 is 0 Å². The molecule has 0 saturated heterocycles. The number of halogens is 1. The summed E-state index contributed by atoms with van der Waals surface area (Å²) in [5.74, 6) is 0.905. The fraction of sp³-hybridized carbons (Fsp3) is 0. The van der Waals surface area contributed by atoms with Crippen LogP contribution in [0.25, 0.3) is 27.8 Å². The molecule has 0 bridgehead atoms. The summed E-state index contributed by atoms with van der Waals surface area (Å²) in [6.45, 7) is 0. The van der Waals surface area contributed by atoms with Crippen molar-refractivity contribution in [3.63, 3.8) is 0 Å². The maximum Gasteiger partial charge on any atom is 0.137 e. The molecular weight excluding hydrogens is 314 g/mol. The Balaban J connectivity index is 2.22. The average Bonchev–Trinajstić information content (AvgIpc) is 2.82. The Kier molecular flexibility index (Phi) is 2.57. The molecule has 0 atom stereocenters. The molecule has 3 aromatic heterocycles. The fourth-order valence-corrected chi connectivity index (χ4v) is 2.90. The predicted octanol–water partition coefficient (Wildman–Crippen LogP) is 4.34. The van der Waals surface area contributed by atoms with Gasteiger partial charge in [-0.05, 0) is 42.5 Å². The van der Waals surface area contributed by atoms with Gasteiger partial charge in [0, 0.05) is 22.3 Å². The molecule has 4 heteroatoms. The second kappa shape index (κ2) is 4.42. The number of pyridine rings is 2. The van der Waals surface area contributed by atoms with Crippen LogP contribution in [0.2, 0.25) is 0 Å². The summed E-state index contributed by atoms with van der Waals surface area (Å²) in [4.78, 5) is 8.99. The van der Waals surface area contributed by atoms with Crippen molar-refractivity contribution in [3.8, 4) is 5.82 Å². The lowest BCUT2D eigenvalue weighted by molar-refractivity contribution is 1.08. The average molecular weight is 324 g/mol. The maximum absolute atomic E-state index is 4.53. The molecule has 0 unspecified atom stereocenters. The molecule has 4 aromatic rings. The minimum absolute atomic E-state index is 0.905. The third-order valence-corrected chi connectivity index (χ3v) is 3.85. The van der Waals surface area contributed by atoms with Crippen molar-refractivity contribution in [2.24, 2.45) is 0 Å². The van der Waals surface area contributed by atoms with Crippen LogP contribution < -0.4 is 0 Å². The summed E-state index contributed by atoms with van der Waals surface area (Å²) in [6, 6.07) is 16.2. The summed E-state index contributed by atoms with van der Waals surface area (Å²) >= 11 is 3.53. The van der Waals surface area contributed by atoms with E-state index in [-0.39, 0.29) is 0 Å². The minimum atomic E-state index is 0.905. The number of hydrogen-bond acceptors (Lipinski definition) is 2. The number of nitrogens with zero attached hydrogens (tertiary/aromatic N) is 3. The number of aromatic nitrogens is 3. The lowest BCUT2D eigenvalue weighted by Gasteiger charge is -2.05. The molecule has 0 fully saturated rings. The van der Waals surface area contributed by atoms with Crippen LogP contribution in [-0.2, 0) is 0 Å². The zero-order valence-corrected chi connectivity index (χ0v) is 12.1. The molecule has 0 radical (unpaired) electrons. The Morgan fingerprint density at radius 1 is 0.850 bits per heavy atom. The SMILES string of the molecule is Brc1ccc2c(c1)c1ncccc1n2-c1ccccn1. The summed E-state index contributed by atoms with van der Waals surface area (Å²) in [5, 5.41) is 1.13. The Bertz CT molecular complexity index is 913. The third kappa shape index (κ3) is 1.65. The summed E-state index contributed by atoms with van der Waals surface area (Å²) in [5.41, 5.74) is 3.18. The molecule has 0 aliphatic heterocycles. The Morgan fingerprint density at radius 3 is 2.60 bits per heavy atom. The number of hydrogen-bond donors (Lipinski definition) is 0. The monoisotopic (exact) mass is 323 g/mol. The van der Waals surface area contributed by atoms with Crippen LogP contribution in [0.15, 0.2) is 65.4 Å². The first-order valence-corrected chi connectivity index (χ1v) is 7.10. The maximum atomic E-state index is 4.53. The molecule has 3 nitrogen and oxygen atoms in total. The zero-order chi connectivity index (χ0) is 13.5. The normalized spacial score (nSPS) is 11.2. The van der Waals surface area contributed by atoms with Crippen LogP contribution in [0, 0.1) is 0 Å². The van der Waals surface area contributed by atoms with Gasteiger partial charge in [0.1, 0.15) is 5.82 Å². The Morgan fingerprint density at radius 2 is 1.75 bits per heavy atom. The molecule has 1 aromatic carbocycles. The fourth-order valence-electron chi connectivity index (χ4n) is 2.54. The second-order valence-electron chi connectivity index (χ2n) is 4.56. The van der Waals surface area contributed by atoms with Gasteiger partial charge in [-0.2, -0.15) is 0 Å². The number of benzene rings is 1.